The maximum atomic E-state index is 12.9. The van der Waals surface area contributed by atoms with Crippen LogP contribution in [0.15, 0.2) is 23.5 Å². The van der Waals surface area contributed by atoms with Gasteiger partial charge in [-0.3, -0.25) is 14.2 Å². The van der Waals surface area contributed by atoms with E-state index < -0.39 is 5.82 Å². The smallest absolute Gasteiger partial charge is 0.316 e. The lowest BCUT2D eigenvalue weighted by atomic mass is 10.1. The molecule has 138 valence electrons. The van der Waals surface area contributed by atoms with Gasteiger partial charge in [0.2, 0.25) is 5.91 Å². The normalized spacial score (nSPS) is 17.2. The number of carbonyl (C=O) groups excluding carboxylic acids is 1. The highest BCUT2D eigenvalue weighted by Gasteiger charge is 2.26. The summed E-state index contributed by atoms with van der Waals surface area (Å²) >= 11 is 0. The van der Waals surface area contributed by atoms with Gasteiger partial charge in [-0.15, -0.1) is 0 Å². The predicted octanol–water partition coefficient (Wildman–Crippen LogP) is 0.859. The van der Waals surface area contributed by atoms with Crippen LogP contribution in [0.1, 0.15) is 24.1 Å². The average molecular weight is 361 g/mol. The number of halogens is 1. The lowest BCUT2D eigenvalue weighted by Crippen LogP contribution is -2.46. The summed E-state index contributed by atoms with van der Waals surface area (Å²) in [6.45, 7) is 4.35. The van der Waals surface area contributed by atoms with Crippen molar-refractivity contribution in [3.05, 3.63) is 46.1 Å². The van der Waals surface area contributed by atoms with Crippen molar-refractivity contribution in [3.8, 4) is 6.01 Å². The Bertz CT molecular complexity index is 852. The van der Waals surface area contributed by atoms with E-state index >= 15 is 0 Å². The summed E-state index contributed by atoms with van der Waals surface area (Å²) in [7, 11) is 0. The van der Waals surface area contributed by atoms with Crippen LogP contribution in [0.3, 0.4) is 0 Å². The van der Waals surface area contributed by atoms with Crippen molar-refractivity contribution in [2.45, 2.75) is 39.3 Å². The number of ether oxygens (including phenoxy) is 1. The molecule has 1 unspecified atom stereocenters. The molecule has 1 fully saturated rings. The van der Waals surface area contributed by atoms with Crippen molar-refractivity contribution in [1.29, 1.82) is 0 Å². The maximum absolute atomic E-state index is 12.9. The Morgan fingerprint density at radius 3 is 2.77 bits per heavy atom. The minimum atomic E-state index is -0.537. The molecule has 0 aromatic carbocycles. The molecular weight excluding hydrogens is 341 g/mol. The van der Waals surface area contributed by atoms with Gasteiger partial charge in [0.05, 0.1) is 25.3 Å². The molecule has 3 heterocycles. The van der Waals surface area contributed by atoms with Crippen LogP contribution in [0.25, 0.3) is 0 Å². The van der Waals surface area contributed by atoms with Gasteiger partial charge >= 0.3 is 6.01 Å². The first-order valence-electron chi connectivity index (χ1n) is 8.38. The molecule has 1 aliphatic heterocycles. The second-order valence-corrected chi connectivity index (χ2v) is 6.29. The summed E-state index contributed by atoms with van der Waals surface area (Å²) in [6.07, 6.45) is 4.70. The van der Waals surface area contributed by atoms with Crippen molar-refractivity contribution in [2.24, 2.45) is 0 Å². The highest BCUT2D eigenvalue weighted by atomic mass is 19.1. The third-order valence-electron chi connectivity index (χ3n) is 4.42. The molecule has 1 saturated heterocycles. The van der Waals surface area contributed by atoms with E-state index in [1.165, 1.54) is 10.9 Å². The molecule has 9 heteroatoms. The molecule has 2 aromatic heterocycles. The zero-order valence-corrected chi connectivity index (χ0v) is 14.7. The number of likely N-dealkylation sites (tertiary alicyclic amines) is 1. The number of carbonyl (C=O) groups is 1. The molecule has 3 rings (SSSR count). The Morgan fingerprint density at radius 1 is 1.31 bits per heavy atom. The Hall–Kier alpha value is -2.84. The lowest BCUT2D eigenvalue weighted by molar-refractivity contribution is -0.134. The number of amides is 1. The zero-order valence-electron chi connectivity index (χ0n) is 14.7. The van der Waals surface area contributed by atoms with Gasteiger partial charge < -0.3 is 9.64 Å². The van der Waals surface area contributed by atoms with E-state index in [0.717, 1.165) is 25.2 Å². The van der Waals surface area contributed by atoms with E-state index in [4.69, 9.17) is 4.74 Å². The number of aryl methyl sites for hydroxylation is 1. The van der Waals surface area contributed by atoms with E-state index in [-0.39, 0.29) is 30.1 Å². The van der Waals surface area contributed by atoms with Gasteiger partial charge in [-0.2, -0.15) is 0 Å². The monoisotopic (exact) mass is 361 g/mol. The molecule has 0 radical (unpaired) electrons. The van der Waals surface area contributed by atoms with Crippen LogP contribution in [0.2, 0.25) is 0 Å². The van der Waals surface area contributed by atoms with E-state index in [2.05, 4.69) is 15.0 Å². The number of piperidine rings is 1. The Labute approximate surface area is 149 Å². The quantitative estimate of drug-likeness (QED) is 0.802. The second kappa shape index (κ2) is 7.59. The first-order valence-corrected chi connectivity index (χ1v) is 8.38. The number of rotatable bonds is 4. The second-order valence-electron chi connectivity index (χ2n) is 6.29. The highest BCUT2D eigenvalue weighted by molar-refractivity contribution is 5.76. The van der Waals surface area contributed by atoms with Gasteiger partial charge in [-0.25, -0.2) is 19.3 Å². The van der Waals surface area contributed by atoms with Crippen molar-refractivity contribution in [2.75, 3.05) is 13.1 Å². The Balaban J connectivity index is 1.63. The fourth-order valence-corrected chi connectivity index (χ4v) is 2.81. The number of hydrogen-bond donors (Lipinski definition) is 0. The fourth-order valence-electron chi connectivity index (χ4n) is 2.81. The van der Waals surface area contributed by atoms with Crippen LogP contribution in [-0.2, 0) is 11.3 Å². The van der Waals surface area contributed by atoms with Gasteiger partial charge in [0.1, 0.15) is 12.6 Å². The van der Waals surface area contributed by atoms with Gasteiger partial charge in [-0.05, 0) is 26.7 Å². The number of aromatic nitrogens is 4. The van der Waals surface area contributed by atoms with Gasteiger partial charge in [-0.1, -0.05) is 0 Å². The first-order chi connectivity index (χ1) is 12.4. The lowest BCUT2D eigenvalue weighted by Gasteiger charge is -2.32. The van der Waals surface area contributed by atoms with Crippen molar-refractivity contribution in [3.63, 3.8) is 0 Å². The molecule has 0 aliphatic carbocycles. The van der Waals surface area contributed by atoms with Gasteiger partial charge in [0.25, 0.3) is 5.56 Å². The molecular formula is C17H20FN5O3. The van der Waals surface area contributed by atoms with Crippen LogP contribution in [0.5, 0.6) is 6.01 Å². The van der Waals surface area contributed by atoms with E-state index in [0.29, 0.717) is 24.3 Å². The molecule has 0 N–H and O–H groups in total. The van der Waals surface area contributed by atoms with Crippen LogP contribution in [-0.4, -0.2) is 49.5 Å². The van der Waals surface area contributed by atoms with E-state index in [1.54, 1.807) is 18.7 Å². The summed E-state index contributed by atoms with van der Waals surface area (Å²) in [6, 6.07) is 0.0836. The number of nitrogens with zero attached hydrogens (tertiary/aromatic N) is 5. The summed E-state index contributed by atoms with van der Waals surface area (Å²) in [4.78, 5) is 38.1. The minimum Gasteiger partial charge on any atom is -0.458 e. The van der Waals surface area contributed by atoms with E-state index in [9.17, 15) is 14.0 Å². The highest BCUT2D eigenvalue weighted by Crippen LogP contribution is 2.15. The summed E-state index contributed by atoms with van der Waals surface area (Å²) in [5.41, 5.74) is 0.980. The van der Waals surface area contributed by atoms with Crippen LogP contribution in [0, 0.1) is 19.7 Å². The van der Waals surface area contributed by atoms with Crippen LogP contribution < -0.4 is 10.3 Å². The predicted molar refractivity (Wildman–Crippen MR) is 90.2 cm³/mol. The minimum absolute atomic E-state index is 0.0628. The molecule has 26 heavy (non-hydrogen) atoms. The third kappa shape index (κ3) is 4.04. The largest absolute Gasteiger partial charge is 0.458 e. The molecule has 0 saturated carbocycles. The summed E-state index contributed by atoms with van der Waals surface area (Å²) < 4.78 is 19.8. The molecule has 8 nitrogen and oxygen atoms in total. The van der Waals surface area contributed by atoms with Crippen molar-refractivity contribution in [1.82, 2.24) is 24.4 Å². The van der Waals surface area contributed by atoms with Crippen LogP contribution in [0.4, 0.5) is 4.39 Å². The standard InChI is InChI=1S/C17H20FN5O3/c1-11-12(2)21-10-23(16(11)25)9-15(24)22-5-3-4-14(8-22)26-17-19-6-13(18)7-20-17/h6-7,10,14H,3-5,8-9H2,1-2H3. The SMILES string of the molecule is Cc1ncn(CC(=O)N2CCCC(Oc3ncc(F)cn3)C2)c(=O)c1C. The first kappa shape index (κ1) is 18.0. The topological polar surface area (TPSA) is 90.2 Å². The average Bonchev–Trinajstić information content (AvgIpc) is 2.64. The van der Waals surface area contributed by atoms with E-state index in [1.807, 2.05) is 0 Å². The molecule has 1 amide bonds. The third-order valence-corrected chi connectivity index (χ3v) is 4.42. The summed E-state index contributed by atoms with van der Waals surface area (Å²) in [5.74, 6) is -0.712. The van der Waals surface area contributed by atoms with Gasteiger partial charge in [0, 0.05) is 17.8 Å². The maximum Gasteiger partial charge on any atom is 0.316 e. The molecule has 2 aromatic rings. The van der Waals surface area contributed by atoms with Crippen molar-refractivity contribution < 1.29 is 13.9 Å². The molecule has 1 aliphatic rings. The zero-order chi connectivity index (χ0) is 18.7. The van der Waals surface area contributed by atoms with Crippen molar-refractivity contribution >= 4 is 5.91 Å². The Kier molecular flexibility index (Phi) is 5.24. The fraction of sp³-hybridized carbons (Fsp3) is 0.471. The number of hydrogen-bond acceptors (Lipinski definition) is 6. The van der Waals surface area contributed by atoms with Crippen LogP contribution >= 0.6 is 0 Å². The summed E-state index contributed by atoms with van der Waals surface area (Å²) in [5, 5.41) is 0. The Morgan fingerprint density at radius 2 is 2.04 bits per heavy atom. The molecule has 0 spiro atoms. The molecule has 0 bridgehead atoms. The van der Waals surface area contributed by atoms with Gasteiger partial charge in [0.15, 0.2) is 5.82 Å². The molecule has 1 atom stereocenters.